The molecule has 3 heteroatoms. The van der Waals surface area contributed by atoms with E-state index in [0.717, 1.165) is 11.5 Å². The van der Waals surface area contributed by atoms with Crippen LogP contribution in [-0.2, 0) is 0 Å². The summed E-state index contributed by atoms with van der Waals surface area (Å²) >= 11 is 6.37. The fourth-order valence-electron chi connectivity index (χ4n) is 1.54. The lowest BCUT2D eigenvalue weighted by molar-refractivity contribution is 0.483. The maximum atomic E-state index is 6.37. The van der Waals surface area contributed by atoms with E-state index in [4.69, 9.17) is 15.8 Å². The summed E-state index contributed by atoms with van der Waals surface area (Å²) in [5, 5.41) is 1.22. The van der Waals surface area contributed by atoms with E-state index in [0.29, 0.717) is 0 Å². The number of hydrogen-bond acceptors (Lipinski definition) is 1. The van der Waals surface area contributed by atoms with Crippen LogP contribution in [0.15, 0.2) is 54.6 Å². The number of rotatable bonds is 3. The summed E-state index contributed by atoms with van der Waals surface area (Å²) in [6.07, 6.45) is 0. The zero-order valence-corrected chi connectivity index (χ0v) is 11.7. The summed E-state index contributed by atoms with van der Waals surface area (Å²) in [5.41, 5.74) is 0. The summed E-state index contributed by atoms with van der Waals surface area (Å²) in [5.74, 6) is 1.69. The van der Waals surface area contributed by atoms with Crippen molar-refractivity contribution in [3.8, 4) is 11.5 Å². The molecule has 2 rings (SSSR count). The third-order valence-corrected chi connectivity index (χ3v) is 4.88. The van der Waals surface area contributed by atoms with Crippen LogP contribution in [-0.4, -0.2) is 7.38 Å². The molecule has 0 spiro atoms. The summed E-state index contributed by atoms with van der Waals surface area (Å²) < 4.78 is 5.72. The maximum absolute atomic E-state index is 6.37. The van der Waals surface area contributed by atoms with E-state index in [1.54, 1.807) is 0 Å². The van der Waals surface area contributed by atoms with Crippen molar-refractivity contribution in [2.45, 2.75) is 13.1 Å². The number of hydrogen-bond donors (Lipinski definition) is 0. The molecule has 0 heterocycles. The minimum absolute atomic E-state index is 0.842. The van der Waals surface area contributed by atoms with Gasteiger partial charge in [0.05, 0.1) is 0 Å². The van der Waals surface area contributed by atoms with Crippen LogP contribution < -0.4 is 9.92 Å². The first-order valence-corrected chi connectivity index (χ1v) is 9.59. The molecule has 0 atom stereocenters. The van der Waals surface area contributed by atoms with Crippen LogP contribution in [0.5, 0.6) is 11.5 Å². The van der Waals surface area contributed by atoms with Crippen molar-refractivity contribution in [1.29, 1.82) is 0 Å². The van der Waals surface area contributed by atoms with Crippen LogP contribution in [0.2, 0.25) is 13.1 Å². The Morgan fingerprint density at radius 3 is 1.88 bits per heavy atom. The monoisotopic (exact) mass is 262 g/mol. The SMILES string of the molecule is C[Si](C)(Cl)c1ccc(Oc2ccccc2)cc1. The van der Waals surface area contributed by atoms with Gasteiger partial charge >= 0.3 is 0 Å². The molecular weight excluding hydrogens is 248 g/mol. The van der Waals surface area contributed by atoms with Crippen molar-refractivity contribution >= 4 is 23.6 Å². The van der Waals surface area contributed by atoms with Crippen molar-refractivity contribution in [3.05, 3.63) is 54.6 Å². The molecule has 2 aromatic rings. The molecule has 0 aliphatic carbocycles. The van der Waals surface area contributed by atoms with Crippen LogP contribution in [0.3, 0.4) is 0 Å². The molecular formula is C14H15ClOSi. The second kappa shape index (κ2) is 4.94. The largest absolute Gasteiger partial charge is 0.457 e. The maximum Gasteiger partial charge on any atom is 0.180 e. The van der Waals surface area contributed by atoms with Gasteiger partial charge in [-0.2, -0.15) is 11.1 Å². The molecule has 0 aliphatic heterocycles. The normalized spacial score (nSPS) is 11.2. The Kier molecular flexibility index (Phi) is 3.55. The topological polar surface area (TPSA) is 9.23 Å². The van der Waals surface area contributed by atoms with Gasteiger partial charge in [-0.25, -0.2) is 0 Å². The Labute approximate surface area is 108 Å². The molecule has 0 amide bonds. The fourth-order valence-corrected chi connectivity index (χ4v) is 2.88. The fraction of sp³-hybridized carbons (Fsp3) is 0.143. The summed E-state index contributed by atoms with van der Waals surface area (Å²) in [7, 11) is -1.73. The first-order valence-electron chi connectivity index (χ1n) is 5.58. The van der Waals surface area contributed by atoms with Gasteiger partial charge < -0.3 is 4.74 Å². The van der Waals surface area contributed by atoms with Crippen molar-refractivity contribution < 1.29 is 4.74 Å². The van der Waals surface area contributed by atoms with Crippen LogP contribution in [0.25, 0.3) is 0 Å². The number of ether oxygens (including phenoxy) is 1. The third kappa shape index (κ3) is 3.35. The van der Waals surface area contributed by atoms with E-state index >= 15 is 0 Å². The number of para-hydroxylation sites is 1. The van der Waals surface area contributed by atoms with Crippen molar-refractivity contribution in [2.24, 2.45) is 0 Å². The quantitative estimate of drug-likeness (QED) is 0.597. The molecule has 0 aromatic heterocycles. The van der Waals surface area contributed by atoms with Crippen molar-refractivity contribution in [1.82, 2.24) is 0 Å². The number of benzene rings is 2. The van der Waals surface area contributed by atoms with E-state index in [-0.39, 0.29) is 0 Å². The summed E-state index contributed by atoms with van der Waals surface area (Å²) in [6, 6.07) is 17.8. The highest BCUT2D eigenvalue weighted by atomic mass is 35.6. The van der Waals surface area contributed by atoms with Gasteiger partial charge in [0.15, 0.2) is 7.38 Å². The lowest BCUT2D eigenvalue weighted by atomic mass is 10.3. The Morgan fingerprint density at radius 2 is 1.35 bits per heavy atom. The smallest absolute Gasteiger partial charge is 0.180 e. The first-order chi connectivity index (χ1) is 8.05. The van der Waals surface area contributed by atoms with Crippen LogP contribution in [0, 0.1) is 0 Å². The lowest BCUT2D eigenvalue weighted by Crippen LogP contribution is -2.34. The molecule has 0 fully saturated rings. The molecule has 0 bridgehead atoms. The second-order valence-corrected chi connectivity index (χ2v) is 10.8. The van der Waals surface area contributed by atoms with Gasteiger partial charge in [0.2, 0.25) is 0 Å². The molecule has 0 aliphatic rings. The minimum Gasteiger partial charge on any atom is -0.457 e. The van der Waals surface area contributed by atoms with Crippen LogP contribution in [0.4, 0.5) is 0 Å². The molecule has 0 N–H and O–H groups in total. The Hall–Kier alpha value is -1.25. The zero-order chi connectivity index (χ0) is 12.3. The molecule has 0 radical (unpaired) electrons. The Bertz CT molecular complexity index is 474. The van der Waals surface area contributed by atoms with Gasteiger partial charge in [0.25, 0.3) is 0 Å². The second-order valence-electron chi connectivity index (χ2n) is 4.41. The summed E-state index contributed by atoms with van der Waals surface area (Å²) in [4.78, 5) is 0. The highest BCUT2D eigenvalue weighted by Gasteiger charge is 2.19. The molecule has 88 valence electrons. The van der Waals surface area contributed by atoms with E-state index in [2.05, 4.69) is 25.2 Å². The average Bonchev–Trinajstić information content (AvgIpc) is 2.30. The first kappa shape index (κ1) is 12.2. The zero-order valence-electron chi connectivity index (χ0n) is 9.98. The summed E-state index contributed by atoms with van der Waals surface area (Å²) in [6.45, 7) is 4.23. The molecule has 0 saturated heterocycles. The lowest BCUT2D eigenvalue weighted by Gasteiger charge is -2.14. The molecule has 1 nitrogen and oxygen atoms in total. The van der Waals surface area contributed by atoms with Crippen LogP contribution >= 0.6 is 11.1 Å². The van der Waals surface area contributed by atoms with Gasteiger partial charge in [-0.05, 0) is 29.5 Å². The van der Waals surface area contributed by atoms with Gasteiger partial charge in [-0.15, -0.1) is 0 Å². The third-order valence-electron chi connectivity index (χ3n) is 2.52. The van der Waals surface area contributed by atoms with Gasteiger partial charge in [0, 0.05) is 0 Å². The number of halogens is 1. The predicted molar refractivity (Wildman–Crippen MR) is 75.9 cm³/mol. The van der Waals surface area contributed by atoms with Gasteiger partial charge in [-0.1, -0.05) is 43.4 Å². The molecule has 17 heavy (non-hydrogen) atoms. The highest BCUT2D eigenvalue weighted by Crippen LogP contribution is 2.20. The molecule has 0 unspecified atom stereocenters. The molecule has 2 aromatic carbocycles. The van der Waals surface area contributed by atoms with Crippen molar-refractivity contribution in [2.75, 3.05) is 0 Å². The van der Waals surface area contributed by atoms with Crippen LogP contribution in [0.1, 0.15) is 0 Å². The highest BCUT2D eigenvalue weighted by molar-refractivity contribution is 7.26. The van der Waals surface area contributed by atoms with Gasteiger partial charge in [0.1, 0.15) is 11.5 Å². The van der Waals surface area contributed by atoms with Crippen molar-refractivity contribution in [3.63, 3.8) is 0 Å². The standard InChI is InChI=1S/C14H15ClOSi/c1-17(2,15)14-10-8-13(9-11-14)16-12-6-4-3-5-7-12/h3-11H,1-2H3. The average molecular weight is 263 g/mol. The van der Waals surface area contributed by atoms with E-state index in [9.17, 15) is 0 Å². The van der Waals surface area contributed by atoms with Gasteiger partial charge in [-0.3, -0.25) is 0 Å². The Balaban J connectivity index is 2.14. The minimum atomic E-state index is -1.73. The van der Waals surface area contributed by atoms with E-state index in [1.165, 1.54) is 5.19 Å². The Morgan fingerprint density at radius 1 is 0.824 bits per heavy atom. The molecule has 0 saturated carbocycles. The van der Waals surface area contributed by atoms with E-state index in [1.807, 2.05) is 42.5 Å². The van der Waals surface area contributed by atoms with E-state index < -0.39 is 7.38 Å². The predicted octanol–water partition coefficient (Wildman–Crippen LogP) is 4.13.